The summed E-state index contributed by atoms with van der Waals surface area (Å²) in [4.78, 5) is 2.41. The van der Waals surface area contributed by atoms with Gasteiger partial charge in [0.1, 0.15) is 11.2 Å². The van der Waals surface area contributed by atoms with Gasteiger partial charge in [0.25, 0.3) is 0 Å². The lowest BCUT2D eigenvalue weighted by molar-refractivity contribution is 0.672. The van der Waals surface area contributed by atoms with Crippen molar-refractivity contribution in [3.63, 3.8) is 0 Å². The summed E-state index contributed by atoms with van der Waals surface area (Å²) < 4.78 is 6.45. The van der Waals surface area contributed by atoms with E-state index in [1.54, 1.807) is 5.19 Å². The molecular weight excluding hydrogens is 539 g/mol. The molecule has 2 nitrogen and oxygen atoms in total. The molecule has 0 N–H and O–H groups in total. The number of para-hydroxylation sites is 1. The maximum Gasteiger partial charge on any atom is 0.143 e. The van der Waals surface area contributed by atoms with Gasteiger partial charge in [0.05, 0.1) is 13.8 Å². The third kappa shape index (κ3) is 4.65. The van der Waals surface area contributed by atoms with Crippen molar-refractivity contribution < 1.29 is 4.42 Å². The molecule has 3 heteroatoms. The summed E-state index contributed by atoms with van der Waals surface area (Å²) in [6.45, 7) is 7.13. The smallest absolute Gasteiger partial charge is 0.143 e. The summed E-state index contributed by atoms with van der Waals surface area (Å²) in [5.41, 5.74) is 7.75. The van der Waals surface area contributed by atoms with E-state index in [4.69, 9.17) is 4.42 Å². The predicted molar refractivity (Wildman–Crippen MR) is 188 cm³/mol. The van der Waals surface area contributed by atoms with Gasteiger partial charge in [-0.15, -0.1) is 0 Å². The molecule has 0 bridgehead atoms. The van der Waals surface area contributed by atoms with Gasteiger partial charge in [-0.25, -0.2) is 0 Å². The average molecular weight is 576 g/mol. The first-order valence-electron chi connectivity index (χ1n) is 15.5. The maximum absolute atomic E-state index is 6.45. The molecular formula is C40H37NOSi. The molecule has 7 aromatic rings. The van der Waals surface area contributed by atoms with Crippen molar-refractivity contribution >= 4 is 63.0 Å². The number of furan rings is 1. The Balaban J connectivity index is 1.41. The van der Waals surface area contributed by atoms with Crippen LogP contribution in [0.1, 0.15) is 20.8 Å². The lowest BCUT2D eigenvalue weighted by atomic mass is 10.0. The van der Waals surface area contributed by atoms with E-state index in [0.717, 1.165) is 38.7 Å². The second kappa shape index (κ2) is 11.2. The number of rotatable bonds is 8. The van der Waals surface area contributed by atoms with Crippen molar-refractivity contribution in [2.75, 3.05) is 4.90 Å². The predicted octanol–water partition coefficient (Wildman–Crippen LogP) is 11.6. The van der Waals surface area contributed by atoms with E-state index in [2.05, 4.69) is 153 Å². The molecule has 0 aliphatic heterocycles. The summed E-state index contributed by atoms with van der Waals surface area (Å²) >= 11 is 0. The van der Waals surface area contributed by atoms with Crippen LogP contribution in [0, 0.1) is 0 Å². The Morgan fingerprint density at radius 2 is 1.05 bits per heavy atom. The zero-order valence-electron chi connectivity index (χ0n) is 25.2. The Morgan fingerprint density at radius 1 is 0.488 bits per heavy atom. The van der Waals surface area contributed by atoms with Crippen LogP contribution in [-0.2, 0) is 0 Å². The fraction of sp³-hybridized carbons (Fsp3) is 0.150. The highest BCUT2D eigenvalue weighted by molar-refractivity contribution is 6.91. The van der Waals surface area contributed by atoms with Crippen molar-refractivity contribution in [2.45, 2.75) is 38.9 Å². The van der Waals surface area contributed by atoms with Crippen LogP contribution in [0.5, 0.6) is 0 Å². The van der Waals surface area contributed by atoms with Crippen LogP contribution in [0.3, 0.4) is 0 Å². The second-order valence-electron chi connectivity index (χ2n) is 11.5. The van der Waals surface area contributed by atoms with Gasteiger partial charge in [-0.05, 0) is 53.6 Å². The van der Waals surface area contributed by atoms with E-state index < -0.39 is 8.07 Å². The van der Waals surface area contributed by atoms with Crippen LogP contribution in [0.2, 0.25) is 18.1 Å². The van der Waals surface area contributed by atoms with Gasteiger partial charge in [0, 0.05) is 32.9 Å². The SMILES string of the molecule is CC[Si](CC)(CC)c1ccc(N(c2ccc(-c3ccccc3)cc2)c2cccc3c2ccc2c4ccccc4oc32)cc1. The summed E-state index contributed by atoms with van der Waals surface area (Å²) in [6, 6.07) is 52.3. The van der Waals surface area contributed by atoms with Crippen molar-refractivity contribution in [2.24, 2.45) is 0 Å². The Bertz CT molecular complexity index is 2010. The molecule has 0 saturated carbocycles. The molecule has 0 amide bonds. The van der Waals surface area contributed by atoms with E-state index in [1.165, 1.54) is 40.3 Å². The van der Waals surface area contributed by atoms with Crippen LogP contribution in [0.25, 0.3) is 43.8 Å². The molecule has 0 spiro atoms. The number of fused-ring (bicyclic) bond motifs is 5. The number of benzene rings is 6. The van der Waals surface area contributed by atoms with Crippen LogP contribution in [-0.4, -0.2) is 8.07 Å². The third-order valence-corrected chi connectivity index (χ3v) is 15.2. The minimum absolute atomic E-state index is 0.926. The monoisotopic (exact) mass is 575 g/mol. The van der Waals surface area contributed by atoms with E-state index in [9.17, 15) is 0 Å². The third-order valence-electron chi connectivity index (χ3n) is 9.62. The highest BCUT2D eigenvalue weighted by atomic mass is 28.3. The fourth-order valence-corrected chi connectivity index (χ4v) is 10.5. The van der Waals surface area contributed by atoms with Crippen molar-refractivity contribution in [3.05, 3.63) is 133 Å². The summed E-state index contributed by atoms with van der Waals surface area (Å²) in [5, 5.41) is 6.17. The van der Waals surface area contributed by atoms with Crippen molar-refractivity contribution in [3.8, 4) is 11.1 Å². The first-order chi connectivity index (χ1) is 21.2. The minimum Gasteiger partial charge on any atom is -0.455 e. The molecule has 0 aliphatic rings. The Hall–Kier alpha value is -4.60. The lowest BCUT2D eigenvalue weighted by Crippen LogP contribution is -2.45. The molecule has 0 fully saturated rings. The Morgan fingerprint density at radius 3 is 1.74 bits per heavy atom. The molecule has 43 heavy (non-hydrogen) atoms. The fourth-order valence-electron chi connectivity index (χ4n) is 6.91. The maximum atomic E-state index is 6.45. The highest BCUT2D eigenvalue weighted by Gasteiger charge is 2.29. The molecule has 0 radical (unpaired) electrons. The number of hydrogen-bond acceptors (Lipinski definition) is 2. The normalized spacial score (nSPS) is 11.9. The highest BCUT2D eigenvalue weighted by Crippen LogP contribution is 2.42. The van der Waals surface area contributed by atoms with E-state index in [1.807, 2.05) is 6.07 Å². The first-order valence-corrected chi connectivity index (χ1v) is 18.2. The standard InChI is InChI=1S/C40H37NOSi/c1-4-43(5-2,6-3)33-25-23-32(24-26-33)41(31-21-19-30(20-22-31)29-13-8-7-9-14-29)38-17-12-16-36-34(38)27-28-37-35-15-10-11-18-39(35)42-40(36)37/h7-28H,4-6H2,1-3H3. The second-order valence-corrected chi connectivity index (χ2v) is 16.8. The molecule has 0 unspecified atom stereocenters. The topological polar surface area (TPSA) is 16.4 Å². The summed E-state index contributed by atoms with van der Waals surface area (Å²) in [5.74, 6) is 0. The lowest BCUT2D eigenvalue weighted by Gasteiger charge is -2.31. The van der Waals surface area contributed by atoms with Crippen LogP contribution < -0.4 is 10.1 Å². The van der Waals surface area contributed by atoms with Gasteiger partial charge < -0.3 is 9.32 Å². The van der Waals surface area contributed by atoms with Gasteiger partial charge in [-0.3, -0.25) is 0 Å². The van der Waals surface area contributed by atoms with Crippen molar-refractivity contribution in [1.82, 2.24) is 0 Å². The molecule has 1 aromatic heterocycles. The van der Waals surface area contributed by atoms with Crippen LogP contribution in [0.4, 0.5) is 17.1 Å². The Kier molecular flexibility index (Phi) is 7.12. The van der Waals surface area contributed by atoms with Gasteiger partial charge in [-0.1, -0.05) is 135 Å². The quantitative estimate of drug-likeness (QED) is 0.168. The first kappa shape index (κ1) is 27.2. The summed E-state index contributed by atoms with van der Waals surface area (Å²) in [7, 11) is -1.48. The van der Waals surface area contributed by atoms with Gasteiger partial charge in [0.15, 0.2) is 0 Å². The van der Waals surface area contributed by atoms with Crippen LogP contribution in [0.15, 0.2) is 138 Å². The van der Waals surface area contributed by atoms with E-state index >= 15 is 0 Å². The largest absolute Gasteiger partial charge is 0.455 e. The van der Waals surface area contributed by atoms with Gasteiger partial charge in [-0.2, -0.15) is 0 Å². The molecule has 0 aliphatic carbocycles. The molecule has 212 valence electrons. The zero-order chi connectivity index (χ0) is 29.4. The molecule has 0 saturated heterocycles. The number of anilines is 3. The van der Waals surface area contributed by atoms with Gasteiger partial charge >= 0.3 is 0 Å². The average Bonchev–Trinajstić information content (AvgIpc) is 3.47. The molecule has 1 heterocycles. The zero-order valence-corrected chi connectivity index (χ0v) is 26.2. The molecule has 0 atom stereocenters. The van der Waals surface area contributed by atoms with Crippen molar-refractivity contribution in [1.29, 1.82) is 0 Å². The minimum atomic E-state index is -1.48. The van der Waals surface area contributed by atoms with E-state index in [-0.39, 0.29) is 0 Å². The Labute approximate surface area is 255 Å². The number of nitrogens with zero attached hydrogens (tertiary/aromatic N) is 1. The van der Waals surface area contributed by atoms with E-state index in [0.29, 0.717) is 0 Å². The number of hydrogen-bond donors (Lipinski definition) is 0. The van der Waals surface area contributed by atoms with Gasteiger partial charge in [0.2, 0.25) is 0 Å². The van der Waals surface area contributed by atoms with Crippen LogP contribution >= 0.6 is 0 Å². The summed E-state index contributed by atoms with van der Waals surface area (Å²) in [6.07, 6.45) is 0. The molecule has 6 aromatic carbocycles. The molecule has 7 rings (SSSR count).